The van der Waals surface area contributed by atoms with Gasteiger partial charge in [-0.05, 0) is 67.6 Å². The smallest absolute Gasteiger partial charge is 0.272 e. The SMILES string of the molecule is CCn1nc(C(=O)N[C@H]2CCCc3ccccc32)cc1-c1ccc(OC)cc1. The number of rotatable bonds is 5. The number of hydrogen-bond donors (Lipinski definition) is 1. The van der Waals surface area contributed by atoms with Gasteiger partial charge in [-0.25, -0.2) is 0 Å². The zero-order valence-corrected chi connectivity index (χ0v) is 16.3. The third kappa shape index (κ3) is 3.52. The monoisotopic (exact) mass is 375 g/mol. The molecular weight excluding hydrogens is 350 g/mol. The number of nitrogens with one attached hydrogen (secondary N) is 1. The fraction of sp³-hybridized carbons (Fsp3) is 0.304. The van der Waals surface area contributed by atoms with Gasteiger partial charge in [-0.15, -0.1) is 0 Å². The molecule has 1 aromatic heterocycles. The van der Waals surface area contributed by atoms with Gasteiger partial charge >= 0.3 is 0 Å². The number of aromatic nitrogens is 2. The van der Waals surface area contributed by atoms with Crippen LogP contribution in [0.15, 0.2) is 54.6 Å². The van der Waals surface area contributed by atoms with Gasteiger partial charge in [0.25, 0.3) is 5.91 Å². The summed E-state index contributed by atoms with van der Waals surface area (Å²) in [5, 5.41) is 7.73. The minimum absolute atomic E-state index is 0.0497. The lowest BCUT2D eigenvalue weighted by atomic mass is 9.87. The molecule has 0 bridgehead atoms. The number of carbonyl (C=O) groups excluding carboxylic acids is 1. The van der Waals surface area contributed by atoms with Crippen LogP contribution in [-0.4, -0.2) is 22.8 Å². The molecule has 4 rings (SSSR count). The number of carbonyl (C=O) groups is 1. The molecule has 3 aromatic rings. The van der Waals surface area contributed by atoms with E-state index in [2.05, 4.69) is 28.6 Å². The second-order valence-corrected chi connectivity index (χ2v) is 7.08. The fourth-order valence-corrected chi connectivity index (χ4v) is 3.90. The maximum atomic E-state index is 12.9. The molecule has 1 amide bonds. The van der Waals surface area contributed by atoms with Gasteiger partial charge in [0, 0.05) is 12.1 Å². The second kappa shape index (κ2) is 7.89. The molecular formula is C23H25N3O2. The summed E-state index contributed by atoms with van der Waals surface area (Å²) in [7, 11) is 1.65. The van der Waals surface area contributed by atoms with Gasteiger partial charge in [0.1, 0.15) is 5.75 Å². The summed E-state index contributed by atoms with van der Waals surface area (Å²) in [5.74, 6) is 0.684. The zero-order valence-electron chi connectivity index (χ0n) is 16.3. The van der Waals surface area contributed by atoms with Crippen molar-refractivity contribution >= 4 is 5.91 Å². The van der Waals surface area contributed by atoms with E-state index >= 15 is 0 Å². The Kier molecular flexibility index (Phi) is 5.15. The van der Waals surface area contributed by atoms with E-state index in [0.717, 1.165) is 36.3 Å². The van der Waals surface area contributed by atoms with Crippen molar-refractivity contribution < 1.29 is 9.53 Å². The average Bonchev–Trinajstić information content (AvgIpc) is 3.19. The predicted octanol–water partition coefficient (Wildman–Crippen LogP) is 4.39. The van der Waals surface area contributed by atoms with Crippen LogP contribution < -0.4 is 10.1 Å². The normalized spacial score (nSPS) is 15.7. The highest BCUT2D eigenvalue weighted by Gasteiger charge is 2.23. The highest BCUT2D eigenvalue weighted by molar-refractivity contribution is 5.93. The quantitative estimate of drug-likeness (QED) is 0.720. The Balaban J connectivity index is 1.58. The zero-order chi connectivity index (χ0) is 19.5. The van der Waals surface area contributed by atoms with Crippen LogP contribution in [0.2, 0.25) is 0 Å². The lowest BCUT2D eigenvalue weighted by Crippen LogP contribution is -2.31. The maximum Gasteiger partial charge on any atom is 0.272 e. The Bertz CT molecular complexity index is 976. The lowest BCUT2D eigenvalue weighted by molar-refractivity contribution is 0.0927. The van der Waals surface area contributed by atoms with Gasteiger partial charge in [-0.2, -0.15) is 5.10 Å². The van der Waals surface area contributed by atoms with Crippen molar-refractivity contribution in [1.29, 1.82) is 0 Å². The van der Waals surface area contributed by atoms with E-state index in [4.69, 9.17) is 4.74 Å². The third-order valence-electron chi connectivity index (χ3n) is 5.37. The molecule has 0 radical (unpaired) electrons. The number of ether oxygens (including phenoxy) is 1. The van der Waals surface area contributed by atoms with Crippen LogP contribution in [0.1, 0.15) is 47.4 Å². The molecule has 0 saturated heterocycles. The van der Waals surface area contributed by atoms with Crippen molar-refractivity contribution in [3.05, 3.63) is 71.4 Å². The Hall–Kier alpha value is -3.08. The van der Waals surface area contributed by atoms with Crippen molar-refractivity contribution in [1.82, 2.24) is 15.1 Å². The van der Waals surface area contributed by atoms with E-state index < -0.39 is 0 Å². The average molecular weight is 375 g/mol. The maximum absolute atomic E-state index is 12.9. The largest absolute Gasteiger partial charge is 0.497 e. The van der Waals surface area contributed by atoms with Crippen molar-refractivity contribution in [3.63, 3.8) is 0 Å². The second-order valence-electron chi connectivity index (χ2n) is 7.08. The van der Waals surface area contributed by atoms with E-state index in [0.29, 0.717) is 12.2 Å². The van der Waals surface area contributed by atoms with Gasteiger partial charge in [0.05, 0.1) is 18.8 Å². The molecule has 0 saturated carbocycles. The fourth-order valence-electron chi connectivity index (χ4n) is 3.90. The third-order valence-corrected chi connectivity index (χ3v) is 5.37. The molecule has 1 atom stereocenters. The van der Waals surface area contributed by atoms with Gasteiger partial charge in [0.2, 0.25) is 0 Å². The van der Waals surface area contributed by atoms with Gasteiger partial charge < -0.3 is 10.1 Å². The molecule has 1 N–H and O–H groups in total. The number of nitrogens with zero attached hydrogens (tertiary/aromatic N) is 2. The van der Waals surface area contributed by atoms with Crippen LogP contribution in [0.5, 0.6) is 5.75 Å². The van der Waals surface area contributed by atoms with E-state index in [1.165, 1.54) is 11.1 Å². The van der Waals surface area contributed by atoms with Crippen LogP contribution in [0.4, 0.5) is 0 Å². The van der Waals surface area contributed by atoms with Crippen molar-refractivity contribution in [2.24, 2.45) is 0 Å². The molecule has 0 fully saturated rings. The Labute approximate surface area is 165 Å². The van der Waals surface area contributed by atoms with Crippen molar-refractivity contribution in [2.75, 3.05) is 7.11 Å². The first-order valence-corrected chi connectivity index (χ1v) is 9.80. The summed E-state index contributed by atoms with van der Waals surface area (Å²) in [6.07, 6.45) is 3.12. The van der Waals surface area contributed by atoms with Gasteiger partial charge in [-0.3, -0.25) is 9.48 Å². The van der Waals surface area contributed by atoms with Gasteiger partial charge in [-0.1, -0.05) is 24.3 Å². The number of aryl methyl sites for hydroxylation is 2. The number of amides is 1. The molecule has 28 heavy (non-hydrogen) atoms. The first-order chi connectivity index (χ1) is 13.7. The highest BCUT2D eigenvalue weighted by atomic mass is 16.5. The number of fused-ring (bicyclic) bond motifs is 1. The highest BCUT2D eigenvalue weighted by Crippen LogP contribution is 2.30. The topological polar surface area (TPSA) is 56.2 Å². The molecule has 1 aliphatic carbocycles. The van der Waals surface area contributed by atoms with E-state index in [-0.39, 0.29) is 11.9 Å². The summed E-state index contributed by atoms with van der Waals surface area (Å²) >= 11 is 0. The van der Waals surface area contributed by atoms with Crippen molar-refractivity contribution in [3.8, 4) is 17.0 Å². The summed E-state index contributed by atoms with van der Waals surface area (Å²) in [6, 6.07) is 18.1. The van der Waals surface area contributed by atoms with Crippen LogP contribution in [-0.2, 0) is 13.0 Å². The van der Waals surface area contributed by atoms with Crippen LogP contribution in [0.25, 0.3) is 11.3 Å². The molecule has 1 aliphatic rings. The Morgan fingerprint density at radius 1 is 1.21 bits per heavy atom. The van der Waals surface area contributed by atoms with Crippen LogP contribution >= 0.6 is 0 Å². The minimum atomic E-state index is -0.122. The molecule has 5 nitrogen and oxygen atoms in total. The summed E-state index contributed by atoms with van der Waals surface area (Å²) in [4.78, 5) is 12.9. The molecule has 0 spiro atoms. The standard InChI is InChI=1S/C23H25N3O2/c1-3-26-22(17-11-13-18(28-2)14-12-17)15-21(25-26)23(27)24-20-10-6-8-16-7-4-5-9-19(16)20/h4-5,7,9,11-15,20H,3,6,8,10H2,1-2H3,(H,24,27)/t20-/m0/s1. The lowest BCUT2D eigenvalue weighted by Gasteiger charge is -2.26. The van der Waals surface area contributed by atoms with E-state index in [9.17, 15) is 4.79 Å². The predicted molar refractivity (Wildman–Crippen MR) is 109 cm³/mol. The molecule has 0 unspecified atom stereocenters. The minimum Gasteiger partial charge on any atom is -0.497 e. The first kappa shape index (κ1) is 18.3. The number of benzene rings is 2. The van der Waals surface area contributed by atoms with Crippen LogP contribution in [0.3, 0.4) is 0 Å². The first-order valence-electron chi connectivity index (χ1n) is 9.80. The van der Waals surface area contributed by atoms with E-state index in [1.54, 1.807) is 7.11 Å². The molecule has 0 aliphatic heterocycles. The molecule has 2 aromatic carbocycles. The van der Waals surface area contributed by atoms with Crippen molar-refractivity contribution in [2.45, 2.75) is 38.8 Å². The van der Waals surface area contributed by atoms with Crippen LogP contribution in [0, 0.1) is 0 Å². The Morgan fingerprint density at radius 3 is 2.75 bits per heavy atom. The molecule has 144 valence electrons. The van der Waals surface area contributed by atoms with Gasteiger partial charge in [0.15, 0.2) is 5.69 Å². The van der Waals surface area contributed by atoms with E-state index in [1.807, 2.05) is 48.0 Å². The number of methoxy groups -OCH3 is 1. The molecule has 5 heteroatoms. The summed E-state index contributed by atoms with van der Waals surface area (Å²) in [5.41, 5.74) is 4.96. The number of hydrogen-bond acceptors (Lipinski definition) is 3. The summed E-state index contributed by atoms with van der Waals surface area (Å²) in [6.45, 7) is 2.72. The summed E-state index contributed by atoms with van der Waals surface area (Å²) < 4.78 is 7.10. The Morgan fingerprint density at radius 2 is 2.00 bits per heavy atom. The molecule has 1 heterocycles.